The van der Waals surface area contributed by atoms with Crippen molar-refractivity contribution in [1.29, 1.82) is 0 Å². The van der Waals surface area contributed by atoms with Gasteiger partial charge in [0.15, 0.2) is 17.2 Å². The normalized spacial score (nSPS) is 17.6. The van der Waals surface area contributed by atoms with Crippen LogP contribution < -0.4 is 10.2 Å². The van der Waals surface area contributed by atoms with Gasteiger partial charge in [0, 0.05) is 37.1 Å². The number of phenols is 1. The predicted molar refractivity (Wildman–Crippen MR) is 170 cm³/mol. The van der Waals surface area contributed by atoms with E-state index in [0.717, 1.165) is 60.1 Å². The summed E-state index contributed by atoms with van der Waals surface area (Å²) < 4.78 is 40.1. The fraction of sp³-hybridized carbons (Fsp3) is 0.406. The molecule has 2 aliphatic heterocycles. The van der Waals surface area contributed by atoms with Gasteiger partial charge in [-0.1, -0.05) is 26.0 Å². The second kappa shape index (κ2) is 17.5. The molecular formula is C32H41F3N6O2S. The van der Waals surface area contributed by atoms with Crippen LogP contribution in [0, 0.1) is 18.6 Å². The van der Waals surface area contributed by atoms with E-state index in [1.54, 1.807) is 34.6 Å². The summed E-state index contributed by atoms with van der Waals surface area (Å²) in [7, 11) is 0. The van der Waals surface area contributed by atoms with Crippen molar-refractivity contribution in [2.45, 2.75) is 57.3 Å². The average Bonchev–Trinajstić information content (AvgIpc) is 3.77. The summed E-state index contributed by atoms with van der Waals surface area (Å²) in [6.07, 6.45) is 5.23. The minimum atomic E-state index is -0.721. The predicted octanol–water partition coefficient (Wildman–Crippen LogP) is 6.01. The first kappa shape index (κ1) is 34.7. The largest absolute Gasteiger partial charge is 0.505 e. The van der Waals surface area contributed by atoms with E-state index < -0.39 is 12.0 Å². The van der Waals surface area contributed by atoms with Gasteiger partial charge >= 0.3 is 0 Å². The van der Waals surface area contributed by atoms with Gasteiger partial charge in [-0.05, 0) is 74.0 Å². The van der Waals surface area contributed by atoms with Gasteiger partial charge in [-0.25, -0.2) is 22.7 Å². The van der Waals surface area contributed by atoms with Crippen molar-refractivity contribution in [1.82, 2.24) is 24.8 Å². The van der Waals surface area contributed by atoms with Crippen molar-refractivity contribution in [2.75, 3.05) is 37.3 Å². The Labute approximate surface area is 261 Å². The van der Waals surface area contributed by atoms with Crippen molar-refractivity contribution in [3.63, 3.8) is 0 Å². The van der Waals surface area contributed by atoms with Crippen molar-refractivity contribution < 1.29 is 23.1 Å². The monoisotopic (exact) mass is 630 g/mol. The fourth-order valence-electron chi connectivity index (χ4n) is 4.79. The summed E-state index contributed by atoms with van der Waals surface area (Å²) in [6, 6.07) is 14.9. The summed E-state index contributed by atoms with van der Waals surface area (Å²) in [5, 5.41) is 16.5. The molecule has 8 nitrogen and oxygen atoms in total. The molecule has 6 rings (SSSR count). The smallest absolute Gasteiger partial charge is 0.207 e. The molecule has 238 valence electrons. The van der Waals surface area contributed by atoms with Gasteiger partial charge in [0.2, 0.25) is 6.41 Å². The molecule has 2 fully saturated rings. The van der Waals surface area contributed by atoms with Crippen molar-refractivity contribution >= 4 is 29.6 Å². The fourth-order valence-corrected chi connectivity index (χ4v) is 5.23. The SMILES string of the molecule is CC.CSc1cccc(F)c1.Cc1cnc2ccc(N3CCC(F)C3)nn12.O=CNC1CCN(Cc2ccc(F)c(O)c2)C1. The number of thioether (sulfide) groups is 1. The Hall–Kier alpha value is -3.77. The first-order valence-electron chi connectivity index (χ1n) is 14.6. The second-order valence-corrected chi connectivity index (χ2v) is 11.0. The number of imidazole rings is 1. The van der Waals surface area contributed by atoms with E-state index in [-0.39, 0.29) is 17.6 Å². The third-order valence-electron chi connectivity index (χ3n) is 7.00. The minimum absolute atomic E-state index is 0.165. The van der Waals surface area contributed by atoms with Crippen LogP contribution in [-0.2, 0) is 11.3 Å². The molecule has 1 amide bonds. The number of nitrogens with one attached hydrogen (secondary N) is 1. The topological polar surface area (TPSA) is 86.0 Å². The number of aryl methyl sites for hydroxylation is 1. The first-order chi connectivity index (χ1) is 21.2. The molecule has 0 aliphatic carbocycles. The van der Waals surface area contributed by atoms with Crippen molar-refractivity contribution in [3.05, 3.63) is 83.7 Å². The van der Waals surface area contributed by atoms with Gasteiger partial charge in [0.1, 0.15) is 17.8 Å². The van der Waals surface area contributed by atoms with E-state index in [0.29, 0.717) is 19.5 Å². The zero-order valence-electron chi connectivity index (χ0n) is 25.6. The Kier molecular flexibility index (Phi) is 13.8. The number of halogens is 3. The van der Waals surface area contributed by atoms with E-state index >= 15 is 0 Å². The summed E-state index contributed by atoms with van der Waals surface area (Å²) >= 11 is 1.54. The number of hydrogen-bond donors (Lipinski definition) is 2. The van der Waals surface area contributed by atoms with Gasteiger partial charge in [-0.15, -0.1) is 16.9 Å². The molecule has 2 aliphatic rings. The van der Waals surface area contributed by atoms with Crippen LogP contribution in [0.1, 0.15) is 37.9 Å². The summed E-state index contributed by atoms with van der Waals surface area (Å²) in [5.74, 6) is -0.254. The van der Waals surface area contributed by atoms with E-state index in [1.807, 2.05) is 50.1 Å². The van der Waals surface area contributed by atoms with Gasteiger partial charge in [0.25, 0.3) is 0 Å². The lowest BCUT2D eigenvalue weighted by Gasteiger charge is -2.15. The number of likely N-dealkylation sites (tertiary alicyclic amines) is 1. The van der Waals surface area contributed by atoms with Crippen LogP contribution in [0.3, 0.4) is 0 Å². The number of phenolic OH excluding ortho intramolecular Hbond substituents is 1. The van der Waals surface area contributed by atoms with Crippen molar-refractivity contribution in [2.24, 2.45) is 0 Å². The molecule has 0 spiro atoms. The number of alkyl halides is 1. The maximum absolute atomic E-state index is 13.1. The molecule has 12 heteroatoms. The second-order valence-electron chi connectivity index (χ2n) is 10.1. The van der Waals surface area contributed by atoms with Crippen LogP contribution in [0.15, 0.2) is 65.7 Å². The standard InChI is InChI=1S/C12H15FN2O2.C11H13FN4.C7H7FS.C2H6/c13-11-2-1-9(5-12(11)17)6-15-4-3-10(7-15)14-8-16;1-8-6-13-10-2-3-11(14-16(8)10)15-5-4-9(12)7-15;1-9-7-4-2-3-6(8)5-7;1-2/h1-2,5,8,10,17H,3-4,6-7H2,(H,14,16);2-3,6,9H,4-5,7H2,1H3;2-5H,1H3;1-2H3. The zero-order valence-corrected chi connectivity index (χ0v) is 26.4. The molecule has 0 saturated carbocycles. The van der Waals surface area contributed by atoms with Gasteiger partial charge < -0.3 is 15.3 Å². The number of fused-ring (bicyclic) bond motifs is 1. The molecule has 2 N–H and O–H groups in total. The first-order valence-corrected chi connectivity index (χ1v) is 15.9. The highest BCUT2D eigenvalue weighted by atomic mass is 32.2. The maximum atomic E-state index is 13.1. The lowest BCUT2D eigenvalue weighted by Crippen LogP contribution is -2.31. The molecule has 4 aromatic rings. The number of nitrogens with zero attached hydrogens (tertiary/aromatic N) is 5. The Balaban J connectivity index is 0.000000183. The van der Waals surface area contributed by atoms with Gasteiger partial charge in [0.05, 0.1) is 18.4 Å². The van der Waals surface area contributed by atoms with Gasteiger partial charge in [-0.2, -0.15) is 0 Å². The number of aromatic nitrogens is 3. The molecule has 2 saturated heterocycles. The van der Waals surface area contributed by atoms with Crippen LogP contribution in [-0.4, -0.2) is 75.7 Å². The van der Waals surface area contributed by atoms with Crippen molar-refractivity contribution in [3.8, 4) is 5.75 Å². The maximum Gasteiger partial charge on any atom is 0.207 e. The molecule has 4 heterocycles. The molecule has 2 atom stereocenters. The lowest BCUT2D eigenvalue weighted by molar-refractivity contribution is -0.110. The van der Waals surface area contributed by atoms with Crippen LogP contribution in [0.4, 0.5) is 19.0 Å². The lowest BCUT2D eigenvalue weighted by atomic mass is 10.2. The van der Waals surface area contributed by atoms with Crippen LogP contribution in [0.5, 0.6) is 5.75 Å². The Morgan fingerprint density at radius 2 is 1.86 bits per heavy atom. The third kappa shape index (κ3) is 10.2. The van der Waals surface area contributed by atoms with E-state index in [4.69, 9.17) is 0 Å². The molecule has 2 aromatic heterocycles. The molecule has 0 bridgehead atoms. The third-order valence-corrected chi connectivity index (χ3v) is 7.72. The molecular weight excluding hydrogens is 589 g/mol. The zero-order chi connectivity index (χ0) is 32.1. The number of rotatable bonds is 6. The number of carbonyl (C=O) groups excluding carboxylic acids is 1. The Bertz CT molecular complexity index is 1470. The summed E-state index contributed by atoms with van der Waals surface area (Å²) in [5.41, 5.74) is 2.70. The molecule has 2 aromatic carbocycles. The van der Waals surface area contributed by atoms with E-state index in [1.165, 1.54) is 24.3 Å². The summed E-state index contributed by atoms with van der Waals surface area (Å²) in [6.45, 7) is 9.49. The average molecular weight is 631 g/mol. The van der Waals surface area contributed by atoms with E-state index in [9.17, 15) is 23.1 Å². The summed E-state index contributed by atoms with van der Waals surface area (Å²) in [4.78, 5) is 19.6. The Morgan fingerprint density at radius 3 is 2.50 bits per heavy atom. The number of carbonyl (C=O) groups is 1. The quantitative estimate of drug-likeness (QED) is 0.199. The van der Waals surface area contributed by atoms with Crippen LogP contribution in [0.25, 0.3) is 5.65 Å². The number of anilines is 1. The minimum Gasteiger partial charge on any atom is -0.505 e. The highest BCUT2D eigenvalue weighted by molar-refractivity contribution is 7.98. The Morgan fingerprint density at radius 1 is 1.07 bits per heavy atom. The highest BCUT2D eigenvalue weighted by Gasteiger charge is 2.23. The number of aromatic hydroxyl groups is 1. The molecule has 2 unspecified atom stereocenters. The van der Waals surface area contributed by atoms with E-state index in [2.05, 4.69) is 20.3 Å². The van der Waals surface area contributed by atoms with Gasteiger partial charge in [-0.3, -0.25) is 9.69 Å². The van der Waals surface area contributed by atoms with Crippen LogP contribution in [0.2, 0.25) is 0 Å². The molecule has 44 heavy (non-hydrogen) atoms. The number of benzene rings is 2. The van der Waals surface area contributed by atoms with Crippen LogP contribution >= 0.6 is 11.8 Å². The number of amides is 1. The molecule has 0 radical (unpaired) electrons. The highest BCUT2D eigenvalue weighted by Crippen LogP contribution is 2.21. The number of hydrogen-bond acceptors (Lipinski definition) is 7.